The molecule has 0 spiro atoms. The van der Waals surface area contributed by atoms with Crippen LogP contribution in [-0.2, 0) is 29.7 Å². The first kappa shape index (κ1) is 27.8. The van der Waals surface area contributed by atoms with Gasteiger partial charge in [0.05, 0.1) is 27.9 Å². The van der Waals surface area contributed by atoms with E-state index in [1.807, 2.05) is 22.6 Å². The summed E-state index contributed by atoms with van der Waals surface area (Å²) >= 11 is 1.97. The van der Waals surface area contributed by atoms with Crippen molar-refractivity contribution in [1.29, 1.82) is 0 Å². The third-order valence-electron chi connectivity index (χ3n) is 6.45. The lowest BCUT2D eigenvalue weighted by Crippen LogP contribution is -2.40. The maximum absolute atomic E-state index is 14.7. The van der Waals surface area contributed by atoms with E-state index >= 15 is 0 Å². The molecule has 4 aromatic rings. The zero-order valence-corrected chi connectivity index (χ0v) is 24.3. The van der Waals surface area contributed by atoms with Gasteiger partial charge in [-0.15, -0.1) is 0 Å². The average Bonchev–Trinajstić information content (AvgIpc) is 2.85. The Morgan fingerprint density at radius 1 is 1.00 bits per heavy atom. The van der Waals surface area contributed by atoms with Crippen molar-refractivity contribution in [3.8, 4) is 5.69 Å². The average molecular weight is 652 g/mol. The molecule has 2 aromatic heterocycles. The van der Waals surface area contributed by atoms with Crippen molar-refractivity contribution in [2.24, 2.45) is 14.1 Å². The van der Waals surface area contributed by atoms with Gasteiger partial charge >= 0.3 is 5.69 Å². The number of aryl methyl sites for hydroxylation is 1. The molecule has 0 aliphatic carbocycles. The number of rotatable bonds is 6. The highest BCUT2D eigenvalue weighted by atomic mass is 127. The van der Waals surface area contributed by atoms with Gasteiger partial charge in [0.25, 0.3) is 11.1 Å². The molecule has 0 aliphatic rings. The topological polar surface area (TPSA) is 112 Å². The molecule has 0 atom stereocenters. The molecule has 4 rings (SSSR count). The van der Waals surface area contributed by atoms with Crippen LogP contribution < -0.4 is 22.1 Å². The lowest BCUT2D eigenvalue weighted by molar-refractivity contribution is 0.586. The van der Waals surface area contributed by atoms with E-state index < -0.39 is 37.7 Å². The zero-order chi connectivity index (χ0) is 28.1. The van der Waals surface area contributed by atoms with E-state index in [2.05, 4.69) is 5.32 Å². The summed E-state index contributed by atoms with van der Waals surface area (Å²) in [5.74, 6) is -0.803. The van der Waals surface area contributed by atoms with Gasteiger partial charge in [0, 0.05) is 23.2 Å². The van der Waals surface area contributed by atoms with Crippen molar-refractivity contribution in [2.45, 2.75) is 31.8 Å². The predicted molar refractivity (Wildman–Crippen MR) is 155 cm³/mol. The van der Waals surface area contributed by atoms with Crippen LogP contribution in [0.25, 0.3) is 16.6 Å². The molecule has 200 valence electrons. The first-order valence-corrected chi connectivity index (χ1v) is 14.4. The van der Waals surface area contributed by atoms with Crippen LogP contribution in [0, 0.1) is 16.3 Å². The quantitative estimate of drug-likeness (QED) is 0.320. The number of sulfone groups is 1. The van der Waals surface area contributed by atoms with Crippen molar-refractivity contribution in [2.75, 3.05) is 5.32 Å². The summed E-state index contributed by atoms with van der Waals surface area (Å²) in [7, 11) is -0.667. The Hall–Kier alpha value is -3.26. The molecule has 0 bridgehead atoms. The highest BCUT2D eigenvalue weighted by Gasteiger charge is 2.23. The summed E-state index contributed by atoms with van der Waals surface area (Å²) in [6, 6.07) is 10.9. The van der Waals surface area contributed by atoms with Crippen LogP contribution in [0.2, 0.25) is 0 Å². The predicted octanol–water partition coefficient (Wildman–Crippen LogP) is 3.51. The molecule has 0 saturated heterocycles. The Morgan fingerprint density at radius 3 is 2.32 bits per heavy atom. The second-order valence-electron chi connectivity index (χ2n) is 9.32. The van der Waals surface area contributed by atoms with Gasteiger partial charge < -0.3 is 5.32 Å². The minimum atomic E-state index is -3.43. The van der Waals surface area contributed by atoms with Crippen molar-refractivity contribution in [1.82, 2.24) is 13.7 Å². The molecule has 12 heteroatoms. The molecule has 0 saturated carbocycles. The van der Waals surface area contributed by atoms with Gasteiger partial charge in [-0.1, -0.05) is 12.1 Å². The number of nitrogens with zero attached hydrogens (tertiary/aromatic N) is 3. The number of benzene rings is 2. The number of aromatic nitrogens is 3. The molecule has 9 nitrogen and oxygen atoms in total. The van der Waals surface area contributed by atoms with Gasteiger partial charge in [-0.05, 0) is 79.3 Å². The van der Waals surface area contributed by atoms with E-state index in [9.17, 15) is 27.2 Å². The summed E-state index contributed by atoms with van der Waals surface area (Å²) in [6.07, 6.45) is 0. The van der Waals surface area contributed by atoms with Crippen LogP contribution in [0.3, 0.4) is 0 Å². The van der Waals surface area contributed by atoms with Crippen LogP contribution in [-0.4, -0.2) is 27.4 Å². The monoisotopic (exact) mass is 652 g/mol. The summed E-state index contributed by atoms with van der Waals surface area (Å²) in [6.45, 7) is 4.69. The Kier molecular flexibility index (Phi) is 7.40. The van der Waals surface area contributed by atoms with Gasteiger partial charge in [-0.25, -0.2) is 17.6 Å². The Labute approximate surface area is 231 Å². The van der Waals surface area contributed by atoms with E-state index in [0.29, 0.717) is 9.13 Å². The number of fused-ring (bicyclic) bond motifs is 1. The van der Waals surface area contributed by atoms with E-state index in [1.54, 1.807) is 44.2 Å². The first-order chi connectivity index (χ1) is 17.7. The van der Waals surface area contributed by atoms with Crippen molar-refractivity contribution in [3.63, 3.8) is 0 Å². The van der Waals surface area contributed by atoms with Crippen LogP contribution in [0.5, 0.6) is 0 Å². The number of pyridine rings is 1. The second kappa shape index (κ2) is 10.1. The van der Waals surface area contributed by atoms with Crippen LogP contribution >= 0.6 is 22.6 Å². The molecule has 0 radical (unpaired) electrons. The summed E-state index contributed by atoms with van der Waals surface area (Å²) in [5.41, 5.74) is -0.913. The summed E-state index contributed by atoms with van der Waals surface area (Å²) < 4.78 is 43.8. The molecule has 0 fully saturated rings. The molecule has 1 N–H and O–H groups in total. The largest absolute Gasteiger partial charge is 0.338 e. The fourth-order valence-corrected chi connectivity index (χ4v) is 5.62. The molecule has 38 heavy (non-hydrogen) atoms. The number of hydrogen-bond donors (Lipinski definition) is 1. The van der Waals surface area contributed by atoms with E-state index in [1.165, 1.54) is 42.3 Å². The minimum Gasteiger partial charge on any atom is -0.338 e. The summed E-state index contributed by atoms with van der Waals surface area (Å²) in [5, 5.41) is 2.29. The van der Waals surface area contributed by atoms with Crippen LogP contribution in [0.4, 0.5) is 15.9 Å². The van der Waals surface area contributed by atoms with Crippen LogP contribution in [0.1, 0.15) is 25.0 Å². The number of halogens is 2. The Morgan fingerprint density at radius 2 is 1.68 bits per heavy atom. The third-order valence-corrected chi connectivity index (χ3v) is 9.29. The summed E-state index contributed by atoms with van der Waals surface area (Å²) in [4.78, 5) is 40.2. The highest BCUT2D eigenvalue weighted by molar-refractivity contribution is 14.1. The first-order valence-electron chi connectivity index (χ1n) is 11.6. The number of anilines is 2. The maximum Gasteiger partial charge on any atom is 0.335 e. The Balaban J connectivity index is 2.08. The Bertz CT molecular complexity index is 1890. The molecule has 0 amide bonds. The lowest BCUT2D eigenvalue weighted by Gasteiger charge is -2.20. The zero-order valence-electron chi connectivity index (χ0n) is 21.4. The van der Waals surface area contributed by atoms with Crippen molar-refractivity contribution >= 4 is 54.8 Å². The van der Waals surface area contributed by atoms with Gasteiger partial charge in [-0.3, -0.25) is 23.3 Å². The van der Waals surface area contributed by atoms with Crippen molar-refractivity contribution < 1.29 is 12.8 Å². The van der Waals surface area contributed by atoms with E-state index in [-0.39, 0.29) is 39.4 Å². The van der Waals surface area contributed by atoms with Gasteiger partial charge in [-0.2, -0.15) is 0 Å². The van der Waals surface area contributed by atoms with Gasteiger partial charge in [0.1, 0.15) is 17.0 Å². The fraction of sp³-hybridized carbons (Fsp3) is 0.269. The molecule has 2 aromatic carbocycles. The van der Waals surface area contributed by atoms with E-state index in [0.717, 1.165) is 4.57 Å². The fourth-order valence-electron chi connectivity index (χ4n) is 4.19. The number of nitrogens with one attached hydrogen (secondary N) is 1. The molecule has 0 unspecified atom stereocenters. The SMILES string of the molecule is Cc1c(=O)n(C)c(Nc2ccc(I)cc2F)c2c(=O)n(C)c(=O)n(-c3cccc(CS(=O)(=O)C(C)C)c3)c12. The van der Waals surface area contributed by atoms with Crippen molar-refractivity contribution in [3.05, 3.63) is 94.2 Å². The third kappa shape index (κ3) is 4.82. The molecule has 0 aliphatic heterocycles. The standard InChI is InChI=1S/C26H26FIN4O5S/c1-14(2)38(36,37)13-16-7-6-8-18(11-16)32-22-15(3)24(33)30(4)23(21(22)25(34)31(5)26(32)35)29-20-10-9-17(28)12-19(20)27/h6-12,14,29H,13H2,1-5H3. The second-order valence-corrected chi connectivity index (χ2v) is 13.1. The van der Waals surface area contributed by atoms with E-state index in [4.69, 9.17) is 0 Å². The maximum atomic E-state index is 14.7. The highest BCUT2D eigenvalue weighted by Crippen LogP contribution is 2.27. The smallest absolute Gasteiger partial charge is 0.335 e. The lowest BCUT2D eigenvalue weighted by atomic mass is 10.1. The minimum absolute atomic E-state index is 0.00450. The normalized spacial score (nSPS) is 11.9. The molecular weight excluding hydrogens is 626 g/mol. The van der Waals surface area contributed by atoms with Gasteiger partial charge in [0.15, 0.2) is 9.84 Å². The van der Waals surface area contributed by atoms with Gasteiger partial charge in [0.2, 0.25) is 0 Å². The molecular formula is C26H26FIN4O5S. The van der Waals surface area contributed by atoms with Crippen LogP contribution in [0.15, 0.2) is 56.8 Å². The molecule has 2 heterocycles. The number of hydrogen-bond acceptors (Lipinski definition) is 6.